The van der Waals surface area contributed by atoms with Crippen molar-refractivity contribution >= 4 is 0 Å². The Morgan fingerprint density at radius 3 is 2.71 bits per heavy atom. The van der Waals surface area contributed by atoms with Gasteiger partial charge in [0, 0.05) is 13.5 Å². The molecule has 1 heterocycles. The van der Waals surface area contributed by atoms with Gasteiger partial charge in [0.1, 0.15) is 0 Å². The first-order chi connectivity index (χ1) is 3.21. The van der Waals surface area contributed by atoms with Crippen molar-refractivity contribution in [3.05, 3.63) is 0 Å². The molecular formula is C4H9NO2. The van der Waals surface area contributed by atoms with Crippen LogP contribution in [0.25, 0.3) is 0 Å². The molecule has 0 amide bonds. The molecule has 1 saturated heterocycles. The van der Waals surface area contributed by atoms with Gasteiger partial charge in [0.05, 0.1) is 6.61 Å². The van der Waals surface area contributed by atoms with Crippen LogP contribution in [0.2, 0.25) is 0 Å². The highest BCUT2D eigenvalue weighted by Gasteiger charge is 2.24. The lowest BCUT2D eigenvalue weighted by Crippen LogP contribution is -2.36. The van der Waals surface area contributed by atoms with Gasteiger partial charge in [0.2, 0.25) is 5.91 Å². The molecule has 3 nitrogen and oxygen atoms in total. The standard InChI is InChI=1S/C4H9NO2/c1-4(6)5-2-3-7-4/h5-6H,2-3H2,1H3. The van der Waals surface area contributed by atoms with Crippen molar-refractivity contribution in [1.29, 1.82) is 0 Å². The summed E-state index contributed by atoms with van der Waals surface area (Å²) < 4.78 is 4.78. The first-order valence-corrected chi connectivity index (χ1v) is 2.32. The van der Waals surface area contributed by atoms with Crippen molar-refractivity contribution < 1.29 is 9.84 Å². The van der Waals surface area contributed by atoms with Crippen LogP contribution in [0.5, 0.6) is 0 Å². The van der Waals surface area contributed by atoms with Crippen molar-refractivity contribution in [2.24, 2.45) is 0 Å². The minimum atomic E-state index is -1.06. The summed E-state index contributed by atoms with van der Waals surface area (Å²) in [5, 5.41) is 11.6. The molecule has 0 aromatic carbocycles. The molecule has 1 aliphatic heterocycles. The van der Waals surface area contributed by atoms with Crippen LogP contribution in [0.1, 0.15) is 6.92 Å². The third-order valence-corrected chi connectivity index (χ3v) is 0.938. The van der Waals surface area contributed by atoms with Gasteiger partial charge < -0.3 is 9.84 Å². The van der Waals surface area contributed by atoms with Crippen LogP contribution in [0.3, 0.4) is 0 Å². The summed E-state index contributed by atoms with van der Waals surface area (Å²) in [6.45, 7) is 2.93. The van der Waals surface area contributed by atoms with E-state index in [0.29, 0.717) is 6.61 Å². The molecule has 7 heavy (non-hydrogen) atoms. The average molecular weight is 103 g/mol. The Hall–Kier alpha value is -0.120. The van der Waals surface area contributed by atoms with Crippen molar-refractivity contribution in [3.8, 4) is 0 Å². The molecule has 0 saturated carbocycles. The van der Waals surface area contributed by atoms with Crippen molar-refractivity contribution in [1.82, 2.24) is 5.32 Å². The van der Waals surface area contributed by atoms with Gasteiger partial charge in [-0.05, 0) is 0 Å². The third kappa shape index (κ3) is 1.12. The number of aliphatic hydroxyl groups is 1. The number of hydrogen-bond donors (Lipinski definition) is 2. The van der Waals surface area contributed by atoms with E-state index in [2.05, 4.69) is 5.32 Å². The lowest BCUT2D eigenvalue weighted by atomic mass is 10.6. The van der Waals surface area contributed by atoms with E-state index in [1.807, 2.05) is 0 Å². The molecule has 0 aromatic rings. The van der Waals surface area contributed by atoms with Crippen molar-refractivity contribution in [2.75, 3.05) is 13.2 Å². The predicted molar refractivity (Wildman–Crippen MR) is 24.6 cm³/mol. The number of rotatable bonds is 0. The minimum absolute atomic E-state index is 0.604. The molecule has 0 bridgehead atoms. The number of nitrogens with one attached hydrogen (secondary N) is 1. The summed E-state index contributed by atoms with van der Waals surface area (Å²) in [6, 6.07) is 0. The molecule has 2 N–H and O–H groups in total. The molecule has 0 spiro atoms. The van der Waals surface area contributed by atoms with Gasteiger partial charge in [-0.15, -0.1) is 0 Å². The first-order valence-electron chi connectivity index (χ1n) is 2.32. The van der Waals surface area contributed by atoms with Gasteiger partial charge in [-0.3, -0.25) is 5.32 Å². The maximum absolute atomic E-state index is 8.86. The van der Waals surface area contributed by atoms with Crippen molar-refractivity contribution in [3.63, 3.8) is 0 Å². The van der Waals surface area contributed by atoms with E-state index in [4.69, 9.17) is 9.84 Å². The van der Waals surface area contributed by atoms with E-state index in [1.165, 1.54) is 0 Å². The highest BCUT2D eigenvalue weighted by atomic mass is 16.7. The van der Waals surface area contributed by atoms with Crippen LogP contribution in [-0.2, 0) is 4.74 Å². The van der Waals surface area contributed by atoms with Gasteiger partial charge in [0.15, 0.2) is 0 Å². The van der Waals surface area contributed by atoms with Crippen LogP contribution < -0.4 is 5.32 Å². The van der Waals surface area contributed by atoms with Crippen LogP contribution in [-0.4, -0.2) is 24.2 Å². The summed E-state index contributed by atoms with van der Waals surface area (Å²) in [5.41, 5.74) is 0. The van der Waals surface area contributed by atoms with Gasteiger partial charge in [-0.2, -0.15) is 0 Å². The topological polar surface area (TPSA) is 41.5 Å². The molecule has 0 aromatic heterocycles. The van der Waals surface area contributed by atoms with E-state index in [9.17, 15) is 0 Å². The maximum atomic E-state index is 8.86. The van der Waals surface area contributed by atoms with Gasteiger partial charge in [-0.1, -0.05) is 0 Å². The highest BCUT2D eigenvalue weighted by molar-refractivity contribution is 4.63. The monoisotopic (exact) mass is 103 g/mol. The van der Waals surface area contributed by atoms with E-state index >= 15 is 0 Å². The lowest BCUT2D eigenvalue weighted by Gasteiger charge is -2.13. The Bertz CT molecular complexity index is 64.1. The molecule has 1 aliphatic rings. The van der Waals surface area contributed by atoms with Gasteiger partial charge >= 0.3 is 0 Å². The third-order valence-electron chi connectivity index (χ3n) is 0.938. The minimum Gasteiger partial charge on any atom is -0.353 e. The fourth-order valence-electron chi connectivity index (χ4n) is 0.584. The zero-order chi connectivity index (χ0) is 5.33. The molecule has 0 radical (unpaired) electrons. The molecular weight excluding hydrogens is 94.0 g/mol. The van der Waals surface area contributed by atoms with E-state index in [1.54, 1.807) is 6.92 Å². The summed E-state index contributed by atoms with van der Waals surface area (Å²) in [5.74, 6) is -1.06. The zero-order valence-corrected chi connectivity index (χ0v) is 4.27. The molecule has 3 heteroatoms. The second-order valence-electron chi connectivity index (χ2n) is 1.76. The smallest absolute Gasteiger partial charge is 0.221 e. The van der Waals surface area contributed by atoms with Gasteiger partial charge in [0.25, 0.3) is 0 Å². The van der Waals surface area contributed by atoms with Crippen LogP contribution >= 0.6 is 0 Å². The normalized spacial score (nSPS) is 42.0. The molecule has 1 fully saturated rings. The summed E-state index contributed by atoms with van der Waals surface area (Å²) >= 11 is 0. The summed E-state index contributed by atoms with van der Waals surface area (Å²) in [7, 11) is 0. The Labute approximate surface area is 42.3 Å². The average Bonchev–Trinajstić information content (AvgIpc) is 1.84. The van der Waals surface area contributed by atoms with Crippen LogP contribution in [0.15, 0.2) is 0 Å². The maximum Gasteiger partial charge on any atom is 0.221 e. The summed E-state index contributed by atoms with van der Waals surface area (Å²) in [6.07, 6.45) is 0. The van der Waals surface area contributed by atoms with Crippen molar-refractivity contribution in [2.45, 2.75) is 12.8 Å². The zero-order valence-electron chi connectivity index (χ0n) is 4.27. The fourth-order valence-corrected chi connectivity index (χ4v) is 0.584. The number of ether oxygens (including phenoxy) is 1. The molecule has 1 unspecified atom stereocenters. The van der Waals surface area contributed by atoms with E-state index in [-0.39, 0.29) is 0 Å². The number of hydrogen-bond acceptors (Lipinski definition) is 3. The van der Waals surface area contributed by atoms with Crippen LogP contribution in [0, 0.1) is 0 Å². The quantitative estimate of drug-likeness (QED) is 0.425. The Morgan fingerprint density at radius 2 is 2.57 bits per heavy atom. The Balaban J connectivity index is 2.40. The Morgan fingerprint density at radius 1 is 1.86 bits per heavy atom. The fraction of sp³-hybridized carbons (Fsp3) is 1.00. The van der Waals surface area contributed by atoms with Gasteiger partial charge in [-0.25, -0.2) is 0 Å². The van der Waals surface area contributed by atoms with E-state index < -0.39 is 5.91 Å². The molecule has 1 atom stereocenters. The first kappa shape index (κ1) is 5.03. The van der Waals surface area contributed by atoms with Crippen LogP contribution in [0.4, 0.5) is 0 Å². The SMILES string of the molecule is CC1(O)NCCO1. The largest absolute Gasteiger partial charge is 0.353 e. The van der Waals surface area contributed by atoms with E-state index in [0.717, 1.165) is 6.54 Å². The summed E-state index contributed by atoms with van der Waals surface area (Å²) in [4.78, 5) is 0. The Kier molecular flexibility index (Phi) is 1.03. The molecule has 0 aliphatic carbocycles. The second-order valence-corrected chi connectivity index (χ2v) is 1.76. The highest BCUT2D eigenvalue weighted by Crippen LogP contribution is 2.04. The second kappa shape index (κ2) is 1.43. The molecule has 1 rings (SSSR count). The molecule has 42 valence electrons. The predicted octanol–water partition coefficient (Wildman–Crippen LogP) is -0.728. The lowest BCUT2D eigenvalue weighted by molar-refractivity contribution is -0.169.